The van der Waals surface area contributed by atoms with E-state index < -0.39 is 16.1 Å². The predicted molar refractivity (Wildman–Crippen MR) is 159 cm³/mol. The van der Waals surface area contributed by atoms with Crippen molar-refractivity contribution in [2.45, 2.75) is 96.0 Å². The van der Waals surface area contributed by atoms with Crippen LogP contribution in [0.25, 0.3) is 0 Å². The summed E-state index contributed by atoms with van der Waals surface area (Å²) in [5, 5.41) is 9.43. The van der Waals surface area contributed by atoms with Gasteiger partial charge in [0.25, 0.3) is 0 Å². The van der Waals surface area contributed by atoms with Gasteiger partial charge in [-0.25, -0.2) is 18.1 Å². The second kappa shape index (κ2) is 11.7. The predicted octanol–water partition coefficient (Wildman–Crippen LogP) is 3.46. The molecule has 0 radical (unpaired) electrons. The van der Waals surface area contributed by atoms with Crippen LogP contribution in [0.1, 0.15) is 73.4 Å². The van der Waals surface area contributed by atoms with E-state index in [0.29, 0.717) is 28.9 Å². The van der Waals surface area contributed by atoms with Gasteiger partial charge in [-0.05, 0) is 101 Å². The molecule has 1 aliphatic heterocycles. The van der Waals surface area contributed by atoms with E-state index in [2.05, 4.69) is 31.7 Å². The molecule has 1 unspecified atom stereocenters. The largest absolute Gasteiger partial charge is 0.370 e. The standard InChI is InChI=1S/C31H43N5O4S/c1-19-12-20(2)28(21(3)13-19)41(39,40)36-22(4)18-33-30(38)24-14-31(15-24)16-26(17-31)34-27(37)10-9-25-8-7-23-6-5-11-32-29(23)35-25/h7-8,12-13,22,24,26,36H,5-6,9-11,14-18H2,1-4H3,(H,32,35)(H,33,38)(H,34,37). The third kappa shape index (κ3) is 6.75. The number of aryl methyl sites for hydroxylation is 5. The second-order valence-corrected chi connectivity index (χ2v) is 14.3. The fraction of sp³-hybridized carbons (Fsp3) is 0.581. The lowest BCUT2D eigenvalue weighted by Crippen LogP contribution is -2.58. The average Bonchev–Trinajstić information content (AvgIpc) is 2.85. The van der Waals surface area contributed by atoms with Gasteiger partial charge in [0.2, 0.25) is 21.8 Å². The molecule has 0 saturated heterocycles. The Labute approximate surface area is 243 Å². The van der Waals surface area contributed by atoms with Crippen molar-refractivity contribution in [3.05, 3.63) is 52.2 Å². The van der Waals surface area contributed by atoms with Gasteiger partial charge in [-0.1, -0.05) is 23.8 Å². The molecule has 2 aliphatic carbocycles. The maximum Gasteiger partial charge on any atom is 0.241 e. The molecule has 41 heavy (non-hydrogen) atoms. The van der Waals surface area contributed by atoms with Crippen molar-refractivity contribution >= 4 is 27.7 Å². The Morgan fingerprint density at radius 3 is 2.51 bits per heavy atom. The Morgan fingerprint density at radius 1 is 1.10 bits per heavy atom. The zero-order valence-electron chi connectivity index (χ0n) is 24.6. The lowest BCUT2D eigenvalue weighted by Gasteiger charge is -2.57. The molecule has 4 N–H and O–H groups in total. The number of sulfonamides is 1. The SMILES string of the molecule is Cc1cc(C)c(S(=O)(=O)NC(C)CNC(=O)C2CC3(CC(NC(=O)CCc4ccc5c(n4)NCCC5)C3)C2)c(C)c1. The van der Waals surface area contributed by atoms with Crippen LogP contribution in [0.2, 0.25) is 0 Å². The summed E-state index contributed by atoms with van der Waals surface area (Å²) in [4.78, 5) is 30.2. The highest BCUT2D eigenvalue weighted by molar-refractivity contribution is 7.89. The number of hydrogen-bond acceptors (Lipinski definition) is 6. The number of hydrogen-bond donors (Lipinski definition) is 4. The summed E-state index contributed by atoms with van der Waals surface area (Å²) in [7, 11) is -3.69. The lowest BCUT2D eigenvalue weighted by molar-refractivity contribution is -0.141. The van der Waals surface area contributed by atoms with Gasteiger partial charge < -0.3 is 16.0 Å². The van der Waals surface area contributed by atoms with Gasteiger partial charge in [0.05, 0.1) is 4.90 Å². The number of pyridine rings is 1. The summed E-state index contributed by atoms with van der Waals surface area (Å²) >= 11 is 0. The molecule has 9 nitrogen and oxygen atoms in total. The molecule has 2 amide bonds. The molecule has 1 aromatic heterocycles. The highest BCUT2D eigenvalue weighted by Gasteiger charge is 2.55. The molecule has 2 aromatic rings. The minimum absolute atomic E-state index is 0.0242. The van der Waals surface area contributed by atoms with Crippen LogP contribution in [0, 0.1) is 32.1 Å². The third-order valence-electron chi connectivity index (χ3n) is 8.83. The number of fused-ring (bicyclic) bond motifs is 1. The number of nitrogens with one attached hydrogen (secondary N) is 4. The monoisotopic (exact) mass is 581 g/mol. The Morgan fingerprint density at radius 2 is 1.80 bits per heavy atom. The molecule has 0 bridgehead atoms. The highest BCUT2D eigenvalue weighted by Crippen LogP contribution is 2.58. The van der Waals surface area contributed by atoms with Crippen LogP contribution in [-0.4, -0.2) is 50.4 Å². The number of anilines is 1. The van der Waals surface area contributed by atoms with Crippen molar-refractivity contribution in [2.75, 3.05) is 18.4 Å². The normalized spacial score (nSPS) is 23.9. The van der Waals surface area contributed by atoms with Gasteiger partial charge >= 0.3 is 0 Å². The van der Waals surface area contributed by atoms with Crippen molar-refractivity contribution in [1.82, 2.24) is 20.3 Å². The molecule has 1 aromatic carbocycles. The number of carbonyl (C=O) groups excluding carboxylic acids is 2. The maximum absolute atomic E-state index is 13.0. The van der Waals surface area contributed by atoms with Crippen molar-refractivity contribution in [2.24, 2.45) is 11.3 Å². The lowest BCUT2D eigenvalue weighted by atomic mass is 9.50. The number of carbonyl (C=O) groups is 2. The number of rotatable bonds is 10. The Bertz CT molecular complexity index is 1400. The first kappa shape index (κ1) is 29.5. The van der Waals surface area contributed by atoms with Crippen molar-refractivity contribution in [3.63, 3.8) is 0 Å². The molecule has 1 atom stereocenters. The molecule has 10 heteroatoms. The zero-order valence-corrected chi connectivity index (χ0v) is 25.4. The van der Waals surface area contributed by atoms with E-state index in [-0.39, 0.29) is 35.7 Å². The minimum Gasteiger partial charge on any atom is -0.370 e. The van der Waals surface area contributed by atoms with Crippen LogP contribution in [0.3, 0.4) is 0 Å². The van der Waals surface area contributed by atoms with Crippen molar-refractivity contribution in [3.8, 4) is 0 Å². The quantitative estimate of drug-likeness (QED) is 0.340. The number of amides is 2. The van der Waals surface area contributed by atoms with Gasteiger partial charge in [-0.2, -0.15) is 0 Å². The Kier molecular flexibility index (Phi) is 8.43. The fourth-order valence-corrected chi connectivity index (χ4v) is 8.69. The van der Waals surface area contributed by atoms with Crippen LogP contribution >= 0.6 is 0 Å². The van der Waals surface area contributed by atoms with Gasteiger partial charge in [0, 0.05) is 43.2 Å². The van der Waals surface area contributed by atoms with E-state index in [9.17, 15) is 18.0 Å². The third-order valence-corrected chi connectivity index (χ3v) is 10.7. The minimum atomic E-state index is -3.69. The molecule has 2 saturated carbocycles. The summed E-state index contributed by atoms with van der Waals surface area (Å²) < 4.78 is 28.7. The van der Waals surface area contributed by atoms with Gasteiger partial charge in [0.1, 0.15) is 5.82 Å². The van der Waals surface area contributed by atoms with E-state index in [0.717, 1.165) is 62.1 Å². The first-order valence-electron chi connectivity index (χ1n) is 14.8. The fourth-order valence-electron chi connectivity index (χ4n) is 7.00. The Hall–Kier alpha value is -2.98. The summed E-state index contributed by atoms with van der Waals surface area (Å²) in [6.07, 6.45) is 6.69. The first-order chi connectivity index (χ1) is 19.4. The molecular formula is C31H43N5O4S. The molecule has 5 rings (SSSR count). The van der Waals surface area contributed by atoms with Crippen LogP contribution in [0.5, 0.6) is 0 Å². The maximum atomic E-state index is 13.0. The second-order valence-electron chi connectivity index (χ2n) is 12.6. The smallest absolute Gasteiger partial charge is 0.241 e. The first-order valence-corrected chi connectivity index (χ1v) is 16.3. The van der Waals surface area contributed by atoms with E-state index in [1.807, 2.05) is 25.1 Å². The van der Waals surface area contributed by atoms with E-state index in [4.69, 9.17) is 0 Å². The van der Waals surface area contributed by atoms with E-state index >= 15 is 0 Å². The van der Waals surface area contributed by atoms with Crippen LogP contribution in [0.4, 0.5) is 5.82 Å². The zero-order chi connectivity index (χ0) is 29.4. The van der Waals surface area contributed by atoms with Crippen LogP contribution < -0.4 is 20.7 Å². The van der Waals surface area contributed by atoms with Gasteiger partial charge in [0.15, 0.2) is 0 Å². The molecule has 222 valence electrons. The van der Waals surface area contributed by atoms with E-state index in [1.165, 1.54) is 5.56 Å². The summed E-state index contributed by atoms with van der Waals surface area (Å²) in [6, 6.07) is 7.61. The number of aromatic nitrogens is 1. The molecule has 2 fully saturated rings. The van der Waals surface area contributed by atoms with Gasteiger partial charge in [-0.15, -0.1) is 0 Å². The van der Waals surface area contributed by atoms with Crippen LogP contribution in [0.15, 0.2) is 29.2 Å². The topological polar surface area (TPSA) is 129 Å². The van der Waals surface area contributed by atoms with E-state index in [1.54, 1.807) is 20.8 Å². The van der Waals surface area contributed by atoms with Crippen LogP contribution in [-0.2, 0) is 32.5 Å². The van der Waals surface area contributed by atoms with Crippen molar-refractivity contribution in [1.29, 1.82) is 0 Å². The molecule has 2 heterocycles. The summed E-state index contributed by atoms with van der Waals surface area (Å²) in [5.74, 6) is 0.935. The van der Waals surface area contributed by atoms with Gasteiger partial charge in [-0.3, -0.25) is 9.59 Å². The van der Waals surface area contributed by atoms with Crippen molar-refractivity contribution < 1.29 is 18.0 Å². The number of benzene rings is 1. The molecule has 1 spiro atoms. The average molecular weight is 582 g/mol. The highest BCUT2D eigenvalue weighted by atomic mass is 32.2. The Balaban J connectivity index is 0.994. The molecular weight excluding hydrogens is 538 g/mol. The number of nitrogens with zero attached hydrogens (tertiary/aromatic N) is 1. The summed E-state index contributed by atoms with van der Waals surface area (Å²) in [5.41, 5.74) is 4.79. The summed E-state index contributed by atoms with van der Waals surface area (Å²) in [6.45, 7) is 8.49. The molecule has 3 aliphatic rings.